The van der Waals surface area contributed by atoms with Gasteiger partial charge in [0.05, 0.1) is 5.69 Å². The van der Waals surface area contributed by atoms with Crippen molar-refractivity contribution in [1.29, 1.82) is 0 Å². The average Bonchev–Trinajstić information content (AvgIpc) is 2.76. The van der Waals surface area contributed by atoms with Crippen molar-refractivity contribution in [3.63, 3.8) is 0 Å². The largest absolute Gasteiger partial charge is 0.388 e. The van der Waals surface area contributed by atoms with Gasteiger partial charge in [-0.15, -0.1) is 0 Å². The van der Waals surface area contributed by atoms with Crippen LogP contribution in [0.25, 0.3) is 0 Å². The summed E-state index contributed by atoms with van der Waals surface area (Å²) in [5.41, 5.74) is 6.89. The number of amides is 1. The van der Waals surface area contributed by atoms with Gasteiger partial charge in [-0.25, -0.2) is 0 Å². The van der Waals surface area contributed by atoms with E-state index in [9.17, 15) is 4.79 Å². The molecular weight excluding hydrogens is 282 g/mol. The molecule has 0 aliphatic heterocycles. The minimum absolute atomic E-state index is 0.145. The summed E-state index contributed by atoms with van der Waals surface area (Å²) in [6.07, 6.45) is 1.76. The summed E-state index contributed by atoms with van der Waals surface area (Å²) in [6.45, 7) is 0.145. The fourth-order valence-corrected chi connectivity index (χ4v) is 2.07. The smallest absolute Gasteiger partial charge is 0.244 e. The number of nitrogens with one attached hydrogen (secondary N) is 1. The van der Waals surface area contributed by atoms with Crippen molar-refractivity contribution in [2.24, 2.45) is 5.73 Å². The Morgan fingerprint density at radius 3 is 2.84 bits per heavy atom. The molecule has 98 valence electrons. The number of carbonyl (C=O) groups is 1. The zero-order valence-electron chi connectivity index (χ0n) is 9.97. The highest BCUT2D eigenvalue weighted by Gasteiger charge is 2.08. The maximum Gasteiger partial charge on any atom is 0.244 e. The first-order chi connectivity index (χ1) is 9.06. The summed E-state index contributed by atoms with van der Waals surface area (Å²) >= 11 is 10.8. The summed E-state index contributed by atoms with van der Waals surface area (Å²) in [4.78, 5) is 12.2. The van der Waals surface area contributed by atoms with Crippen molar-refractivity contribution in [3.05, 3.63) is 53.3 Å². The number of hydrogen-bond acceptors (Lipinski definition) is 2. The van der Waals surface area contributed by atoms with Crippen LogP contribution in [0.15, 0.2) is 42.6 Å². The third kappa shape index (κ3) is 3.56. The van der Waals surface area contributed by atoms with E-state index in [1.807, 2.05) is 0 Å². The van der Waals surface area contributed by atoms with E-state index in [2.05, 4.69) is 5.32 Å². The minimum Gasteiger partial charge on any atom is -0.388 e. The van der Waals surface area contributed by atoms with Crippen LogP contribution in [0.5, 0.6) is 0 Å². The van der Waals surface area contributed by atoms with Crippen molar-refractivity contribution in [3.8, 4) is 0 Å². The Kier molecular flexibility index (Phi) is 4.19. The molecule has 0 fully saturated rings. The molecule has 1 heterocycles. The first kappa shape index (κ1) is 13.6. The molecule has 0 aliphatic carbocycles. The predicted molar refractivity (Wildman–Crippen MR) is 80.4 cm³/mol. The zero-order valence-corrected chi connectivity index (χ0v) is 11.5. The molecule has 1 aromatic heterocycles. The Morgan fingerprint density at radius 2 is 2.16 bits per heavy atom. The van der Waals surface area contributed by atoms with E-state index < -0.39 is 0 Å². The summed E-state index contributed by atoms with van der Waals surface area (Å²) in [5, 5.41) is 3.33. The van der Waals surface area contributed by atoms with Gasteiger partial charge in [-0.2, -0.15) is 0 Å². The Labute approximate surface area is 121 Å². The Bertz CT molecular complexity index is 624. The van der Waals surface area contributed by atoms with Crippen LogP contribution in [0, 0.1) is 0 Å². The topological polar surface area (TPSA) is 60.0 Å². The Balaban J connectivity index is 2.05. The molecule has 19 heavy (non-hydrogen) atoms. The van der Waals surface area contributed by atoms with Gasteiger partial charge in [-0.3, -0.25) is 4.79 Å². The summed E-state index contributed by atoms with van der Waals surface area (Å²) in [5.74, 6) is -0.170. The van der Waals surface area contributed by atoms with Crippen LogP contribution in [-0.2, 0) is 11.3 Å². The molecule has 0 saturated heterocycles. The lowest BCUT2D eigenvalue weighted by atomic mass is 10.3. The van der Waals surface area contributed by atoms with Gasteiger partial charge in [0.1, 0.15) is 11.5 Å². The lowest BCUT2D eigenvalue weighted by Crippen LogP contribution is -2.22. The van der Waals surface area contributed by atoms with Gasteiger partial charge < -0.3 is 15.6 Å². The third-order valence-electron chi connectivity index (χ3n) is 2.50. The van der Waals surface area contributed by atoms with Crippen molar-refractivity contribution in [2.75, 3.05) is 5.32 Å². The molecule has 0 bridgehead atoms. The standard InChI is InChI=1S/C13H12ClN3OS/c14-9-3-1-4-10(7-9)16-12(18)8-17-6-2-5-11(17)13(15)19/h1-7H,8H2,(H2,15,19)(H,16,18). The Hall–Kier alpha value is -1.85. The van der Waals surface area contributed by atoms with Crippen molar-refractivity contribution >= 4 is 40.4 Å². The lowest BCUT2D eigenvalue weighted by Gasteiger charge is -2.09. The molecule has 0 saturated carbocycles. The van der Waals surface area contributed by atoms with Crippen LogP contribution >= 0.6 is 23.8 Å². The van der Waals surface area contributed by atoms with Crippen molar-refractivity contribution < 1.29 is 4.79 Å². The molecule has 0 spiro atoms. The average molecular weight is 294 g/mol. The molecule has 6 heteroatoms. The molecule has 4 nitrogen and oxygen atoms in total. The molecular formula is C13H12ClN3OS. The number of thiocarbonyl (C=S) groups is 1. The number of rotatable bonds is 4. The predicted octanol–water partition coefficient (Wildman–Crippen LogP) is 2.41. The van der Waals surface area contributed by atoms with Crippen LogP contribution in [0.4, 0.5) is 5.69 Å². The van der Waals surface area contributed by atoms with E-state index in [0.29, 0.717) is 16.4 Å². The fourth-order valence-electron chi connectivity index (χ4n) is 1.70. The summed E-state index contributed by atoms with van der Waals surface area (Å²) < 4.78 is 1.70. The molecule has 0 radical (unpaired) electrons. The third-order valence-corrected chi connectivity index (χ3v) is 2.95. The van der Waals surface area contributed by atoms with Crippen LogP contribution in [-0.4, -0.2) is 15.5 Å². The van der Waals surface area contributed by atoms with Gasteiger partial charge in [0.2, 0.25) is 5.91 Å². The van der Waals surface area contributed by atoms with E-state index in [4.69, 9.17) is 29.6 Å². The van der Waals surface area contributed by atoms with Gasteiger partial charge in [-0.05, 0) is 30.3 Å². The number of benzene rings is 1. The van der Waals surface area contributed by atoms with E-state index in [0.717, 1.165) is 0 Å². The maximum atomic E-state index is 11.9. The number of anilines is 1. The van der Waals surface area contributed by atoms with Crippen LogP contribution < -0.4 is 11.1 Å². The normalized spacial score (nSPS) is 10.2. The molecule has 3 N–H and O–H groups in total. The van der Waals surface area contributed by atoms with Crippen molar-refractivity contribution in [1.82, 2.24) is 4.57 Å². The van der Waals surface area contributed by atoms with Gasteiger partial charge in [0.25, 0.3) is 0 Å². The Morgan fingerprint density at radius 1 is 1.37 bits per heavy atom. The second-order valence-electron chi connectivity index (χ2n) is 3.94. The van der Waals surface area contributed by atoms with Gasteiger partial charge >= 0.3 is 0 Å². The summed E-state index contributed by atoms with van der Waals surface area (Å²) in [6, 6.07) is 10.5. The highest BCUT2D eigenvalue weighted by molar-refractivity contribution is 7.80. The van der Waals surface area contributed by atoms with Crippen LogP contribution in [0.2, 0.25) is 5.02 Å². The molecule has 0 aliphatic rings. The van der Waals surface area contributed by atoms with Gasteiger partial charge in [-0.1, -0.05) is 29.9 Å². The SMILES string of the molecule is NC(=S)c1cccn1CC(=O)Nc1cccc(Cl)c1. The van der Waals surface area contributed by atoms with Crippen molar-refractivity contribution in [2.45, 2.75) is 6.54 Å². The summed E-state index contributed by atoms with van der Waals surface area (Å²) in [7, 11) is 0. The molecule has 2 aromatic rings. The van der Waals surface area contributed by atoms with E-state index in [-0.39, 0.29) is 17.4 Å². The molecule has 1 amide bonds. The number of carbonyl (C=O) groups excluding carboxylic acids is 1. The van der Waals surface area contributed by atoms with Gasteiger partial charge in [0, 0.05) is 16.9 Å². The monoisotopic (exact) mass is 293 g/mol. The number of aromatic nitrogens is 1. The number of halogens is 1. The zero-order chi connectivity index (χ0) is 13.8. The van der Waals surface area contributed by atoms with E-state index >= 15 is 0 Å². The second-order valence-corrected chi connectivity index (χ2v) is 4.82. The number of hydrogen-bond donors (Lipinski definition) is 2. The first-order valence-electron chi connectivity index (χ1n) is 5.56. The first-order valence-corrected chi connectivity index (χ1v) is 6.35. The van der Waals surface area contributed by atoms with Gasteiger partial charge in [0.15, 0.2) is 0 Å². The highest BCUT2D eigenvalue weighted by Crippen LogP contribution is 2.15. The second kappa shape index (κ2) is 5.86. The number of nitrogens with two attached hydrogens (primary N) is 1. The highest BCUT2D eigenvalue weighted by atomic mass is 35.5. The fraction of sp³-hybridized carbons (Fsp3) is 0.0769. The molecule has 2 rings (SSSR count). The number of nitrogens with zero attached hydrogens (tertiary/aromatic N) is 1. The van der Waals surface area contributed by atoms with Crippen LogP contribution in [0.1, 0.15) is 5.69 Å². The lowest BCUT2D eigenvalue weighted by molar-refractivity contribution is -0.116. The van der Waals surface area contributed by atoms with E-state index in [1.54, 1.807) is 47.2 Å². The molecule has 0 atom stereocenters. The quantitative estimate of drug-likeness (QED) is 0.851. The molecule has 1 aromatic carbocycles. The maximum absolute atomic E-state index is 11.9. The minimum atomic E-state index is -0.170. The van der Waals surface area contributed by atoms with E-state index in [1.165, 1.54) is 0 Å². The molecule has 0 unspecified atom stereocenters. The van der Waals surface area contributed by atoms with Crippen LogP contribution in [0.3, 0.4) is 0 Å².